The van der Waals surface area contributed by atoms with Crippen LogP contribution in [-0.2, 0) is 16.0 Å². The van der Waals surface area contributed by atoms with Crippen molar-refractivity contribution in [2.24, 2.45) is 5.41 Å². The molecule has 3 saturated heterocycles. The third kappa shape index (κ3) is 3.73. The predicted molar refractivity (Wildman–Crippen MR) is 133 cm³/mol. The maximum atomic E-state index is 13.2. The molecule has 0 aromatic heterocycles. The first-order valence-electron chi connectivity index (χ1n) is 13.9. The van der Waals surface area contributed by atoms with E-state index in [-0.39, 0.29) is 24.3 Å². The van der Waals surface area contributed by atoms with Crippen LogP contribution in [0.2, 0.25) is 0 Å². The van der Waals surface area contributed by atoms with Gasteiger partial charge in [-0.2, -0.15) is 0 Å². The van der Waals surface area contributed by atoms with Crippen molar-refractivity contribution < 1.29 is 23.9 Å². The highest BCUT2D eigenvalue weighted by atomic mass is 16.5. The molecule has 37 heavy (non-hydrogen) atoms. The van der Waals surface area contributed by atoms with Crippen molar-refractivity contribution in [1.29, 1.82) is 0 Å². The number of amides is 4. The molecule has 4 fully saturated rings. The van der Waals surface area contributed by atoms with E-state index < -0.39 is 23.8 Å². The van der Waals surface area contributed by atoms with Gasteiger partial charge in [0.05, 0.1) is 11.1 Å². The molecule has 9 nitrogen and oxygen atoms in total. The lowest BCUT2D eigenvalue weighted by molar-refractivity contribution is -0.136. The Labute approximate surface area is 216 Å². The van der Waals surface area contributed by atoms with E-state index in [1.54, 1.807) is 12.1 Å². The molecular formula is C28H34N4O5. The van der Waals surface area contributed by atoms with Gasteiger partial charge in [-0.1, -0.05) is 0 Å². The van der Waals surface area contributed by atoms with Gasteiger partial charge in [-0.15, -0.1) is 0 Å². The van der Waals surface area contributed by atoms with Crippen LogP contribution >= 0.6 is 0 Å². The zero-order valence-electron chi connectivity index (χ0n) is 21.1. The van der Waals surface area contributed by atoms with Gasteiger partial charge in [0, 0.05) is 25.6 Å². The Kier molecular flexibility index (Phi) is 5.28. The highest BCUT2D eigenvalue weighted by molar-refractivity contribution is 6.23. The number of imide groups is 2. The summed E-state index contributed by atoms with van der Waals surface area (Å²) in [5.74, 6) is -1.21. The minimum absolute atomic E-state index is 0.113. The number of likely N-dealkylation sites (tertiary alicyclic amines) is 1. The van der Waals surface area contributed by atoms with E-state index in [0.29, 0.717) is 28.3 Å². The molecule has 196 valence electrons. The Hall–Kier alpha value is -2.78. The number of nitrogens with one attached hydrogen (secondary N) is 2. The average molecular weight is 507 g/mol. The molecule has 6 aliphatic rings. The van der Waals surface area contributed by atoms with E-state index in [1.807, 2.05) is 0 Å². The first-order chi connectivity index (χ1) is 17.9. The quantitative estimate of drug-likeness (QED) is 0.589. The lowest BCUT2D eigenvalue weighted by Crippen LogP contribution is -2.58. The van der Waals surface area contributed by atoms with Gasteiger partial charge in [0.2, 0.25) is 11.8 Å². The number of benzene rings is 1. The van der Waals surface area contributed by atoms with Crippen molar-refractivity contribution in [2.75, 3.05) is 26.2 Å². The van der Waals surface area contributed by atoms with Gasteiger partial charge in [-0.25, -0.2) is 0 Å². The van der Waals surface area contributed by atoms with Gasteiger partial charge in [0.1, 0.15) is 17.4 Å². The van der Waals surface area contributed by atoms with Crippen LogP contribution in [0.3, 0.4) is 0 Å². The molecule has 1 atom stereocenters. The Bertz CT molecular complexity index is 1190. The molecule has 1 saturated carbocycles. The Morgan fingerprint density at radius 2 is 1.57 bits per heavy atom. The number of hydrogen-bond donors (Lipinski definition) is 2. The first kappa shape index (κ1) is 23.3. The fourth-order valence-electron chi connectivity index (χ4n) is 7.69. The summed E-state index contributed by atoms with van der Waals surface area (Å²) in [5.41, 5.74) is 1.94. The third-order valence-electron chi connectivity index (χ3n) is 10.0. The molecule has 1 aliphatic carbocycles. The summed E-state index contributed by atoms with van der Waals surface area (Å²) in [6, 6.07) is 3.26. The minimum atomic E-state index is -0.950. The topological polar surface area (TPSA) is 108 Å². The fourth-order valence-corrected chi connectivity index (χ4v) is 7.69. The first-order valence-corrected chi connectivity index (χ1v) is 13.9. The summed E-state index contributed by atoms with van der Waals surface area (Å²) in [6.07, 6.45) is 9.23. The SMILES string of the molecule is O=C1CCC(N2C(=O)c3cc4c(cc3C2=O)OC2(CC4)CCN(C3CC4(CCNCC4)C3)CC2)C(=O)N1. The summed E-state index contributed by atoms with van der Waals surface area (Å²) >= 11 is 0. The molecule has 1 aromatic carbocycles. The van der Waals surface area contributed by atoms with E-state index in [0.717, 1.165) is 62.3 Å². The number of aryl methyl sites for hydroxylation is 1. The maximum Gasteiger partial charge on any atom is 0.262 e. The molecule has 5 heterocycles. The maximum absolute atomic E-state index is 13.2. The number of nitrogens with zero attached hydrogens (tertiary/aromatic N) is 2. The molecule has 2 spiro atoms. The molecular weight excluding hydrogens is 472 g/mol. The van der Waals surface area contributed by atoms with Crippen LogP contribution in [-0.4, -0.2) is 77.3 Å². The fraction of sp³-hybridized carbons (Fsp3) is 0.643. The lowest BCUT2D eigenvalue weighted by atomic mass is 9.60. The van der Waals surface area contributed by atoms with Gasteiger partial charge in [-0.05, 0) is 94.0 Å². The summed E-state index contributed by atoms with van der Waals surface area (Å²) in [7, 11) is 0. The number of rotatable bonds is 2. The molecule has 9 heteroatoms. The Morgan fingerprint density at radius 3 is 2.27 bits per heavy atom. The van der Waals surface area contributed by atoms with Crippen molar-refractivity contribution >= 4 is 23.6 Å². The van der Waals surface area contributed by atoms with Gasteiger partial charge in [0.15, 0.2) is 0 Å². The Balaban J connectivity index is 1.04. The molecule has 7 rings (SSSR count). The van der Waals surface area contributed by atoms with E-state index in [1.165, 1.54) is 25.7 Å². The number of carbonyl (C=O) groups excluding carboxylic acids is 4. The standard InChI is InChI=1S/C28H34N4O5/c33-23-2-1-21(24(34)30-23)32-25(35)19-13-17-3-4-28(37-22(17)14-20(19)26(32)36)7-11-31(12-8-28)18-15-27(16-18)5-9-29-10-6-27/h13-14,18,21,29H,1-12,15-16H2,(H,30,33,34). The summed E-state index contributed by atoms with van der Waals surface area (Å²) in [5, 5.41) is 5.74. The number of fused-ring (bicyclic) bond motifs is 2. The number of ether oxygens (including phenoxy) is 1. The van der Waals surface area contributed by atoms with Crippen LogP contribution in [0.15, 0.2) is 12.1 Å². The van der Waals surface area contributed by atoms with Crippen molar-refractivity contribution in [1.82, 2.24) is 20.4 Å². The van der Waals surface area contributed by atoms with Crippen molar-refractivity contribution in [3.63, 3.8) is 0 Å². The molecule has 0 bridgehead atoms. The van der Waals surface area contributed by atoms with Crippen LogP contribution in [0.5, 0.6) is 5.75 Å². The van der Waals surface area contributed by atoms with Crippen molar-refractivity contribution in [3.8, 4) is 5.75 Å². The highest BCUT2D eigenvalue weighted by Gasteiger charge is 2.50. The number of carbonyl (C=O) groups is 4. The second-order valence-electron chi connectivity index (χ2n) is 12.1. The van der Waals surface area contributed by atoms with Gasteiger partial charge >= 0.3 is 0 Å². The predicted octanol–water partition coefficient (Wildman–Crippen LogP) is 1.78. The van der Waals surface area contributed by atoms with Crippen LogP contribution in [0, 0.1) is 5.41 Å². The van der Waals surface area contributed by atoms with Gasteiger partial charge in [0.25, 0.3) is 11.8 Å². The highest BCUT2D eigenvalue weighted by Crippen LogP contribution is 2.51. The van der Waals surface area contributed by atoms with E-state index in [9.17, 15) is 19.2 Å². The monoisotopic (exact) mass is 506 g/mol. The number of hydrogen-bond acceptors (Lipinski definition) is 7. The smallest absolute Gasteiger partial charge is 0.262 e. The zero-order chi connectivity index (χ0) is 25.4. The molecule has 0 radical (unpaired) electrons. The second-order valence-corrected chi connectivity index (χ2v) is 12.1. The lowest BCUT2D eigenvalue weighted by Gasteiger charge is -2.56. The van der Waals surface area contributed by atoms with Crippen LogP contribution in [0.1, 0.15) is 84.1 Å². The second kappa shape index (κ2) is 8.36. The van der Waals surface area contributed by atoms with E-state index in [4.69, 9.17) is 4.74 Å². The summed E-state index contributed by atoms with van der Waals surface area (Å²) in [4.78, 5) is 54.0. The van der Waals surface area contributed by atoms with Crippen molar-refractivity contribution in [3.05, 3.63) is 28.8 Å². The molecule has 5 aliphatic heterocycles. The minimum Gasteiger partial charge on any atom is -0.487 e. The Morgan fingerprint density at radius 1 is 0.865 bits per heavy atom. The molecule has 1 unspecified atom stereocenters. The summed E-state index contributed by atoms with van der Waals surface area (Å²) < 4.78 is 6.63. The van der Waals surface area contributed by atoms with Crippen LogP contribution in [0.4, 0.5) is 0 Å². The number of piperidine rings is 3. The molecule has 4 amide bonds. The summed E-state index contributed by atoms with van der Waals surface area (Å²) in [6.45, 7) is 4.40. The van der Waals surface area contributed by atoms with Gasteiger partial charge < -0.3 is 15.0 Å². The molecule has 2 N–H and O–H groups in total. The molecule has 1 aromatic rings. The van der Waals surface area contributed by atoms with Crippen LogP contribution in [0.25, 0.3) is 0 Å². The van der Waals surface area contributed by atoms with E-state index in [2.05, 4.69) is 15.5 Å². The van der Waals surface area contributed by atoms with Gasteiger partial charge in [-0.3, -0.25) is 29.4 Å². The average Bonchev–Trinajstić information content (AvgIpc) is 3.11. The third-order valence-corrected chi connectivity index (χ3v) is 10.0. The zero-order valence-corrected chi connectivity index (χ0v) is 21.1. The normalized spacial score (nSPS) is 29.1. The van der Waals surface area contributed by atoms with Crippen LogP contribution < -0.4 is 15.4 Å². The largest absolute Gasteiger partial charge is 0.487 e. The van der Waals surface area contributed by atoms with Crippen molar-refractivity contribution in [2.45, 2.75) is 81.9 Å². The van der Waals surface area contributed by atoms with E-state index >= 15 is 0 Å².